The number of anilines is 2. The Hall–Kier alpha value is -1.39. The highest BCUT2D eigenvalue weighted by atomic mass is 19.1. The quantitative estimate of drug-likeness (QED) is 0.890. The predicted octanol–water partition coefficient (Wildman–Crippen LogP) is 2.99. The third-order valence-electron chi connectivity index (χ3n) is 3.73. The fourth-order valence-electron chi connectivity index (χ4n) is 2.65. The summed E-state index contributed by atoms with van der Waals surface area (Å²) in [5.74, 6) is 0.736. The van der Waals surface area contributed by atoms with Crippen molar-refractivity contribution in [3.8, 4) is 0 Å². The van der Waals surface area contributed by atoms with Crippen LogP contribution < -0.4 is 10.6 Å². The summed E-state index contributed by atoms with van der Waals surface area (Å²) < 4.78 is 14.0. The van der Waals surface area contributed by atoms with Gasteiger partial charge in [-0.05, 0) is 25.2 Å². The minimum absolute atomic E-state index is 0.143. The normalized spacial score (nSPS) is 16.2. The lowest BCUT2D eigenvalue weighted by atomic mass is 10.1. The van der Waals surface area contributed by atoms with E-state index in [4.69, 9.17) is 5.73 Å². The smallest absolute Gasteiger partial charge is 0.222 e. The molecule has 2 N–H and O–H groups in total. The van der Waals surface area contributed by atoms with Gasteiger partial charge in [0.1, 0.15) is 0 Å². The molecule has 19 heavy (non-hydrogen) atoms. The highest BCUT2D eigenvalue weighted by molar-refractivity contribution is 5.43. The molecular formula is C14H23FN4. The van der Waals surface area contributed by atoms with Gasteiger partial charge in [0.25, 0.3) is 0 Å². The van der Waals surface area contributed by atoms with Crippen LogP contribution in [0.15, 0.2) is 6.20 Å². The van der Waals surface area contributed by atoms with Crippen molar-refractivity contribution >= 4 is 11.8 Å². The average Bonchev–Trinajstić information content (AvgIpc) is 2.87. The van der Waals surface area contributed by atoms with Gasteiger partial charge in [0.2, 0.25) is 5.95 Å². The topological polar surface area (TPSA) is 55.0 Å². The molecule has 2 rings (SSSR count). The van der Waals surface area contributed by atoms with Gasteiger partial charge in [0, 0.05) is 12.6 Å². The molecule has 0 bridgehead atoms. The first-order valence-corrected chi connectivity index (χ1v) is 7.12. The van der Waals surface area contributed by atoms with Gasteiger partial charge in [-0.25, -0.2) is 9.37 Å². The molecule has 1 saturated carbocycles. The van der Waals surface area contributed by atoms with Crippen molar-refractivity contribution < 1.29 is 4.39 Å². The second kappa shape index (κ2) is 6.17. The van der Waals surface area contributed by atoms with Crippen molar-refractivity contribution in [3.63, 3.8) is 0 Å². The van der Waals surface area contributed by atoms with Crippen LogP contribution in [0.2, 0.25) is 0 Å². The zero-order valence-electron chi connectivity index (χ0n) is 11.8. The molecule has 0 unspecified atom stereocenters. The second-order valence-corrected chi connectivity index (χ2v) is 5.71. The minimum atomic E-state index is -0.371. The van der Waals surface area contributed by atoms with E-state index in [1.165, 1.54) is 19.0 Å². The molecule has 106 valence electrons. The van der Waals surface area contributed by atoms with E-state index >= 15 is 0 Å². The molecule has 1 heterocycles. The van der Waals surface area contributed by atoms with Gasteiger partial charge >= 0.3 is 0 Å². The molecule has 1 aliphatic carbocycles. The standard InChI is InChI=1S/C14H23FN4/c1-10(2)7-8-19(11-5-3-4-6-11)13-12(15)9-17-14(16)18-13/h9-11H,3-8H2,1-2H3,(H2,16,17,18). The first-order valence-electron chi connectivity index (χ1n) is 7.12. The van der Waals surface area contributed by atoms with E-state index in [9.17, 15) is 4.39 Å². The van der Waals surface area contributed by atoms with Crippen LogP contribution in [-0.4, -0.2) is 22.6 Å². The number of nitrogens with zero attached hydrogens (tertiary/aromatic N) is 3. The Morgan fingerprint density at radius 1 is 1.42 bits per heavy atom. The van der Waals surface area contributed by atoms with Gasteiger partial charge in [-0.15, -0.1) is 0 Å². The van der Waals surface area contributed by atoms with Gasteiger partial charge in [-0.2, -0.15) is 4.98 Å². The summed E-state index contributed by atoms with van der Waals surface area (Å²) in [6, 6.07) is 0.391. The molecule has 1 aromatic rings. The lowest BCUT2D eigenvalue weighted by Crippen LogP contribution is -2.36. The monoisotopic (exact) mass is 266 g/mol. The summed E-state index contributed by atoms with van der Waals surface area (Å²) in [5, 5.41) is 0. The molecule has 0 amide bonds. The summed E-state index contributed by atoms with van der Waals surface area (Å²) in [5.41, 5.74) is 5.60. The SMILES string of the molecule is CC(C)CCN(c1nc(N)ncc1F)C1CCCC1. The zero-order valence-corrected chi connectivity index (χ0v) is 11.8. The summed E-state index contributed by atoms with van der Waals surface area (Å²) in [6.07, 6.45) is 6.85. The van der Waals surface area contributed by atoms with Crippen LogP contribution in [0, 0.1) is 11.7 Å². The van der Waals surface area contributed by atoms with Crippen molar-refractivity contribution in [2.75, 3.05) is 17.2 Å². The van der Waals surface area contributed by atoms with Gasteiger partial charge in [0.05, 0.1) is 6.20 Å². The molecule has 1 aliphatic rings. The first kappa shape index (κ1) is 14.0. The van der Waals surface area contributed by atoms with Crippen LogP contribution in [0.3, 0.4) is 0 Å². The van der Waals surface area contributed by atoms with Crippen molar-refractivity contribution in [2.24, 2.45) is 5.92 Å². The third-order valence-corrected chi connectivity index (χ3v) is 3.73. The van der Waals surface area contributed by atoms with Gasteiger partial charge in [0.15, 0.2) is 11.6 Å². The largest absolute Gasteiger partial charge is 0.368 e. The fraction of sp³-hybridized carbons (Fsp3) is 0.714. The third kappa shape index (κ3) is 3.55. The molecule has 0 radical (unpaired) electrons. The lowest BCUT2D eigenvalue weighted by molar-refractivity contribution is 0.510. The zero-order chi connectivity index (χ0) is 13.8. The molecule has 1 aromatic heterocycles. The first-order chi connectivity index (χ1) is 9.08. The minimum Gasteiger partial charge on any atom is -0.368 e. The van der Waals surface area contributed by atoms with Crippen molar-refractivity contribution in [1.29, 1.82) is 0 Å². The molecule has 0 aliphatic heterocycles. The Labute approximate surface area is 114 Å². The Balaban J connectivity index is 2.21. The second-order valence-electron chi connectivity index (χ2n) is 5.71. The van der Waals surface area contributed by atoms with Crippen LogP contribution >= 0.6 is 0 Å². The maximum Gasteiger partial charge on any atom is 0.222 e. The highest BCUT2D eigenvalue weighted by Gasteiger charge is 2.26. The lowest BCUT2D eigenvalue weighted by Gasteiger charge is -2.31. The molecule has 5 heteroatoms. The van der Waals surface area contributed by atoms with E-state index in [1.54, 1.807) is 0 Å². The Morgan fingerprint density at radius 2 is 2.11 bits per heavy atom. The predicted molar refractivity (Wildman–Crippen MR) is 75.5 cm³/mol. The Bertz CT molecular complexity index is 416. The van der Waals surface area contributed by atoms with Crippen LogP contribution in [0.4, 0.5) is 16.2 Å². The summed E-state index contributed by atoms with van der Waals surface area (Å²) in [7, 11) is 0. The summed E-state index contributed by atoms with van der Waals surface area (Å²) >= 11 is 0. The van der Waals surface area contributed by atoms with E-state index in [1.807, 2.05) is 0 Å². The molecule has 4 nitrogen and oxygen atoms in total. The number of hydrogen-bond acceptors (Lipinski definition) is 4. The van der Waals surface area contributed by atoms with Gasteiger partial charge in [-0.3, -0.25) is 0 Å². The van der Waals surface area contributed by atoms with Crippen LogP contribution in [0.1, 0.15) is 46.0 Å². The van der Waals surface area contributed by atoms with E-state index in [-0.39, 0.29) is 11.8 Å². The Morgan fingerprint density at radius 3 is 2.74 bits per heavy atom. The molecule has 0 atom stereocenters. The van der Waals surface area contributed by atoms with Crippen LogP contribution in [0.25, 0.3) is 0 Å². The molecule has 0 saturated heterocycles. The van der Waals surface area contributed by atoms with Crippen molar-refractivity contribution in [3.05, 3.63) is 12.0 Å². The number of halogens is 1. The van der Waals surface area contributed by atoms with Crippen LogP contribution in [-0.2, 0) is 0 Å². The maximum absolute atomic E-state index is 14.0. The Kier molecular flexibility index (Phi) is 4.56. The molecule has 1 fully saturated rings. The molecular weight excluding hydrogens is 243 g/mol. The van der Waals surface area contributed by atoms with Crippen LogP contribution in [0.5, 0.6) is 0 Å². The molecule has 0 spiro atoms. The number of hydrogen-bond donors (Lipinski definition) is 1. The van der Waals surface area contributed by atoms with E-state index in [0.717, 1.165) is 25.8 Å². The summed E-state index contributed by atoms with van der Waals surface area (Å²) in [4.78, 5) is 9.92. The summed E-state index contributed by atoms with van der Waals surface area (Å²) in [6.45, 7) is 5.19. The number of nitrogens with two attached hydrogens (primary N) is 1. The fourth-order valence-corrected chi connectivity index (χ4v) is 2.65. The number of rotatable bonds is 5. The van der Waals surface area contributed by atoms with Crippen molar-refractivity contribution in [2.45, 2.75) is 52.0 Å². The maximum atomic E-state index is 14.0. The van der Waals surface area contributed by atoms with Gasteiger partial charge in [-0.1, -0.05) is 26.7 Å². The van der Waals surface area contributed by atoms with E-state index in [0.29, 0.717) is 17.8 Å². The highest BCUT2D eigenvalue weighted by Crippen LogP contribution is 2.29. The van der Waals surface area contributed by atoms with Gasteiger partial charge < -0.3 is 10.6 Å². The number of nitrogen functional groups attached to an aromatic ring is 1. The van der Waals surface area contributed by atoms with E-state index < -0.39 is 0 Å². The average molecular weight is 266 g/mol. The number of aromatic nitrogens is 2. The van der Waals surface area contributed by atoms with E-state index in [2.05, 4.69) is 28.7 Å². The van der Waals surface area contributed by atoms with Crippen molar-refractivity contribution in [1.82, 2.24) is 9.97 Å². The molecule has 0 aromatic carbocycles.